The number of sulfonamides is 1. The van der Waals surface area contributed by atoms with Crippen LogP contribution < -0.4 is 0 Å². The highest BCUT2D eigenvalue weighted by Gasteiger charge is 2.27. The van der Waals surface area contributed by atoms with Crippen LogP contribution in [0.2, 0.25) is 5.02 Å². The van der Waals surface area contributed by atoms with E-state index in [0.717, 1.165) is 5.56 Å². The SMILES string of the molecule is C[C@@H](OC(=O)c1cccc(S(=O)(=O)N2CCOCC2)c1)c1ccc(Cl)cc1. The molecule has 0 saturated carbocycles. The Kier molecular flexibility index (Phi) is 6.16. The number of carbonyl (C=O) groups is 1. The molecule has 1 fully saturated rings. The average Bonchev–Trinajstić information content (AvgIpc) is 2.69. The second-order valence-electron chi connectivity index (χ2n) is 6.14. The van der Waals surface area contributed by atoms with Crippen molar-refractivity contribution in [3.63, 3.8) is 0 Å². The van der Waals surface area contributed by atoms with Gasteiger partial charge in [0.15, 0.2) is 0 Å². The largest absolute Gasteiger partial charge is 0.454 e. The van der Waals surface area contributed by atoms with Crippen molar-refractivity contribution in [2.24, 2.45) is 0 Å². The fourth-order valence-corrected chi connectivity index (χ4v) is 4.33. The molecule has 144 valence electrons. The fourth-order valence-electron chi connectivity index (χ4n) is 2.75. The third kappa shape index (κ3) is 4.68. The minimum atomic E-state index is -3.67. The highest BCUT2D eigenvalue weighted by Crippen LogP contribution is 2.23. The van der Waals surface area contributed by atoms with Crippen LogP contribution in [0.4, 0.5) is 0 Å². The molecule has 1 saturated heterocycles. The molecule has 3 rings (SSSR count). The summed E-state index contributed by atoms with van der Waals surface area (Å²) in [6.07, 6.45) is -0.491. The maximum absolute atomic E-state index is 12.7. The Hall–Kier alpha value is -1.93. The molecule has 0 aromatic heterocycles. The van der Waals surface area contributed by atoms with Crippen LogP contribution in [0.1, 0.15) is 28.9 Å². The second kappa shape index (κ2) is 8.39. The normalized spacial score (nSPS) is 16.7. The Bertz CT molecular complexity index is 908. The van der Waals surface area contributed by atoms with E-state index in [0.29, 0.717) is 31.3 Å². The lowest BCUT2D eigenvalue weighted by Crippen LogP contribution is -2.40. The van der Waals surface area contributed by atoms with Crippen molar-refractivity contribution in [2.45, 2.75) is 17.9 Å². The van der Waals surface area contributed by atoms with E-state index in [2.05, 4.69) is 0 Å². The molecule has 1 heterocycles. The summed E-state index contributed by atoms with van der Waals surface area (Å²) >= 11 is 5.87. The van der Waals surface area contributed by atoms with Gasteiger partial charge in [0.1, 0.15) is 6.10 Å². The first-order valence-corrected chi connectivity index (χ1v) is 10.3. The van der Waals surface area contributed by atoms with Gasteiger partial charge in [0.25, 0.3) is 0 Å². The highest BCUT2D eigenvalue weighted by atomic mass is 35.5. The topological polar surface area (TPSA) is 72.9 Å². The maximum Gasteiger partial charge on any atom is 0.338 e. The summed E-state index contributed by atoms with van der Waals surface area (Å²) in [6, 6.07) is 12.9. The van der Waals surface area contributed by atoms with Crippen molar-refractivity contribution in [1.82, 2.24) is 4.31 Å². The molecule has 1 aliphatic rings. The maximum atomic E-state index is 12.7. The van der Waals surface area contributed by atoms with E-state index in [9.17, 15) is 13.2 Å². The predicted octanol–water partition coefficient (Wildman–Crippen LogP) is 3.28. The minimum absolute atomic E-state index is 0.0676. The van der Waals surface area contributed by atoms with Crippen LogP contribution in [0.25, 0.3) is 0 Å². The lowest BCUT2D eigenvalue weighted by molar-refractivity contribution is 0.0337. The third-order valence-corrected chi connectivity index (χ3v) is 6.45. The summed E-state index contributed by atoms with van der Waals surface area (Å²) in [5, 5.41) is 0.596. The molecule has 0 radical (unpaired) electrons. The number of nitrogens with zero attached hydrogens (tertiary/aromatic N) is 1. The Morgan fingerprint density at radius 1 is 1.15 bits per heavy atom. The van der Waals surface area contributed by atoms with Gasteiger partial charge in [-0.3, -0.25) is 0 Å². The van der Waals surface area contributed by atoms with Crippen LogP contribution in [0.15, 0.2) is 53.4 Å². The minimum Gasteiger partial charge on any atom is -0.454 e. The molecule has 6 nitrogen and oxygen atoms in total. The van der Waals surface area contributed by atoms with Crippen LogP contribution in [0.5, 0.6) is 0 Å². The number of hydrogen-bond acceptors (Lipinski definition) is 5. The molecule has 0 bridgehead atoms. The van der Waals surface area contributed by atoms with Gasteiger partial charge in [-0.1, -0.05) is 29.8 Å². The lowest BCUT2D eigenvalue weighted by Gasteiger charge is -2.26. The molecule has 2 aromatic carbocycles. The Morgan fingerprint density at radius 2 is 1.81 bits per heavy atom. The van der Waals surface area contributed by atoms with Gasteiger partial charge >= 0.3 is 5.97 Å². The molecule has 27 heavy (non-hydrogen) atoms. The predicted molar refractivity (Wildman–Crippen MR) is 101 cm³/mol. The second-order valence-corrected chi connectivity index (χ2v) is 8.52. The van der Waals surface area contributed by atoms with E-state index in [4.69, 9.17) is 21.1 Å². The Morgan fingerprint density at radius 3 is 2.48 bits per heavy atom. The van der Waals surface area contributed by atoms with Crippen LogP contribution in [-0.4, -0.2) is 45.0 Å². The van der Waals surface area contributed by atoms with Crippen molar-refractivity contribution in [1.29, 1.82) is 0 Å². The number of benzene rings is 2. The fraction of sp³-hybridized carbons (Fsp3) is 0.316. The van der Waals surface area contributed by atoms with Gasteiger partial charge in [-0.15, -0.1) is 0 Å². The smallest absolute Gasteiger partial charge is 0.338 e. The summed E-state index contributed by atoms with van der Waals surface area (Å²) in [4.78, 5) is 12.5. The number of hydrogen-bond donors (Lipinski definition) is 0. The highest BCUT2D eigenvalue weighted by molar-refractivity contribution is 7.89. The monoisotopic (exact) mass is 409 g/mol. The number of rotatable bonds is 5. The van der Waals surface area contributed by atoms with Gasteiger partial charge in [-0.05, 0) is 42.8 Å². The molecule has 2 aromatic rings. The molecule has 0 aliphatic carbocycles. The number of halogens is 1. The van der Waals surface area contributed by atoms with E-state index >= 15 is 0 Å². The van der Waals surface area contributed by atoms with Crippen molar-refractivity contribution in [2.75, 3.05) is 26.3 Å². The van der Waals surface area contributed by atoms with E-state index < -0.39 is 22.1 Å². The van der Waals surface area contributed by atoms with Crippen molar-refractivity contribution in [3.05, 3.63) is 64.7 Å². The molecular formula is C19H20ClNO5S. The van der Waals surface area contributed by atoms with Crippen molar-refractivity contribution in [3.8, 4) is 0 Å². The molecule has 1 atom stereocenters. The Balaban J connectivity index is 1.76. The van der Waals surface area contributed by atoms with Gasteiger partial charge in [0, 0.05) is 18.1 Å². The molecule has 0 unspecified atom stereocenters. The zero-order chi connectivity index (χ0) is 19.4. The Labute approximate surface area is 163 Å². The molecule has 0 amide bonds. The summed E-state index contributed by atoms with van der Waals surface area (Å²) in [6.45, 7) is 3.06. The number of morpholine rings is 1. The zero-order valence-corrected chi connectivity index (χ0v) is 16.4. The van der Waals surface area contributed by atoms with E-state index in [1.165, 1.54) is 28.6 Å². The third-order valence-electron chi connectivity index (χ3n) is 4.30. The van der Waals surface area contributed by atoms with Crippen LogP contribution in [-0.2, 0) is 19.5 Å². The van der Waals surface area contributed by atoms with Gasteiger partial charge in [-0.25, -0.2) is 13.2 Å². The van der Waals surface area contributed by atoms with Crippen LogP contribution in [0.3, 0.4) is 0 Å². The van der Waals surface area contributed by atoms with Gasteiger partial charge < -0.3 is 9.47 Å². The summed E-state index contributed by atoms with van der Waals surface area (Å²) in [5.74, 6) is -0.587. The van der Waals surface area contributed by atoms with Crippen LogP contribution >= 0.6 is 11.6 Å². The number of ether oxygens (including phenoxy) is 2. The van der Waals surface area contributed by atoms with E-state index in [1.807, 2.05) is 0 Å². The molecule has 0 N–H and O–H groups in total. The average molecular weight is 410 g/mol. The molecule has 8 heteroatoms. The summed E-state index contributed by atoms with van der Waals surface area (Å²) < 4.78 is 37.5. The van der Waals surface area contributed by atoms with Crippen molar-refractivity contribution >= 4 is 27.6 Å². The molecular weight excluding hydrogens is 390 g/mol. The zero-order valence-electron chi connectivity index (χ0n) is 14.8. The standard InChI is InChI=1S/C19H20ClNO5S/c1-14(15-5-7-17(20)8-6-15)26-19(22)16-3-2-4-18(13-16)27(23,24)21-9-11-25-12-10-21/h2-8,13-14H,9-12H2,1H3/t14-/m1/s1. The van der Waals surface area contributed by atoms with Crippen LogP contribution in [0, 0.1) is 0 Å². The molecule has 0 spiro atoms. The summed E-state index contributed by atoms with van der Waals surface area (Å²) in [7, 11) is -3.67. The van der Waals surface area contributed by atoms with Crippen molar-refractivity contribution < 1.29 is 22.7 Å². The molecule has 1 aliphatic heterocycles. The van der Waals surface area contributed by atoms with Gasteiger partial charge in [-0.2, -0.15) is 4.31 Å². The number of carbonyl (C=O) groups excluding carboxylic acids is 1. The van der Waals surface area contributed by atoms with Gasteiger partial charge in [0.05, 0.1) is 23.7 Å². The first-order chi connectivity index (χ1) is 12.9. The first kappa shape index (κ1) is 19.8. The number of esters is 1. The quantitative estimate of drug-likeness (QED) is 0.708. The van der Waals surface area contributed by atoms with E-state index in [-0.39, 0.29) is 10.5 Å². The summed E-state index contributed by atoms with van der Waals surface area (Å²) in [5.41, 5.74) is 0.981. The van der Waals surface area contributed by atoms with Gasteiger partial charge in [0.2, 0.25) is 10.0 Å². The lowest BCUT2D eigenvalue weighted by atomic mass is 10.1. The van der Waals surface area contributed by atoms with E-state index in [1.54, 1.807) is 31.2 Å². The first-order valence-electron chi connectivity index (χ1n) is 8.52.